The first-order valence-corrected chi connectivity index (χ1v) is 3.90. The average Bonchev–Trinajstić information content (AvgIpc) is 2.16. The lowest BCUT2D eigenvalue weighted by atomic mass is 10.2. The first kappa shape index (κ1) is 9.63. The molecule has 1 N–H and O–H groups in total. The van der Waals surface area contributed by atoms with E-state index in [9.17, 15) is 18.0 Å². The Morgan fingerprint density at radius 3 is 2.67 bits per heavy atom. The summed E-state index contributed by atoms with van der Waals surface area (Å²) in [4.78, 5) is 14.4. The van der Waals surface area contributed by atoms with E-state index in [0.29, 0.717) is 0 Å². The van der Waals surface area contributed by atoms with Gasteiger partial charge in [0.15, 0.2) is 5.65 Å². The number of hydrogen-bond donors (Lipinski definition) is 1. The molecule has 0 bridgehead atoms. The van der Waals surface area contributed by atoms with Crippen LogP contribution in [0.25, 0.3) is 11.0 Å². The second-order valence-corrected chi connectivity index (χ2v) is 2.82. The monoisotopic (exact) mass is 215 g/mol. The second-order valence-electron chi connectivity index (χ2n) is 2.82. The minimum atomic E-state index is -4.53. The Bertz CT molecular complexity index is 561. The molecule has 2 rings (SSSR count). The van der Waals surface area contributed by atoms with Crippen LogP contribution in [0.2, 0.25) is 0 Å². The molecule has 0 saturated carbocycles. The summed E-state index contributed by atoms with van der Waals surface area (Å²) in [5, 5.41) is 5.69. The summed E-state index contributed by atoms with van der Waals surface area (Å²) in [6, 6.07) is 1.84. The van der Waals surface area contributed by atoms with E-state index in [1.807, 2.05) is 0 Å². The molecule has 0 aliphatic heterocycles. The predicted octanol–water partition coefficient (Wildman–Crippen LogP) is 1.34. The number of halogens is 3. The molecule has 78 valence electrons. The maximum absolute atomic E-state index is 12.2. The predicted molar refractivity (Wildman–Crippen MR) is 45.2 cm³/mol. The molecular weight excluding hydrogens is 211 g/mol. The number of aromatic amines is 1. The van der Waals surface area contributed by atoms with Crippen LogP contribution in [0.3, 0.4) is 0 Å². The van der Waals surface area contributed by atoms with E-state index in [2.05, 4.69) is 15.2 Å². The van der Waals surface area contributed by atoms with E-state index >= 15 is 0 Å². The van der Waals surface area contributed by atoms with Crippen LogP contribution >= 0.6 is 0 Å². The fourth-order valence-electron chi connectivity index (χ4n) is 1.12. The Labute approximate surface area is 80.8 Å². The maximum atomic E-state index is 12.2. The zero-order valence-corrected chi connectivity index (χ0v) is 7.17. The van der Waals surface area contributed by atoms with Gasteiger partial charge in [0.05, 0.1) is 11.6 Å². The van der Waals surface area contributed by atoms with Gasteiger partial charge in [0.2, 0.25) is 5.43 Å². The smallest absolute Gasteiger partial charge is 0.287 e. The van der Waals surface area contributed by atoms with Crippen molar-refractivity contribution in [3.05, 3.63) is 34.2 Å². The number of alkyl halides is 3. The van der Waals surface area contributed by atoms with Crippen LogP contribution in [-0.4, -0.2) is 15.2 Å². The van der Waals surface area contributed by atoms with Crippen molar-refractivity contribution < 1.29 is 13.2 Å². The molecule has 2 aromatic heterocycles. The summed E-state index contributed by atoms with van der Waals surface area (Å²) in [5.41, 5.74) is -1.69. The lowest BCUT2D eigenvalue weighted by Crippen LogP contribution is -2.11. The third-order valence-corrected chi connectivity index (χ3v) is 1.80. The van der Waals surface area contributed by atoms with Crippen molar-refractivity contribution >= 4 is 11.0 Å². The van der Waals surface area contributed by atoms with Crippen molar-refractivity contribution in [1.82, 2.24) is 15.2 Å². The van der Waals surface area contributed by atoms with Crippen molar-refractivity contribution in [3.8, 4) is 0 Å². The van der Waals surface area contributed by atoms with Crippen molar-refractivity contribution in [2.24, 2.45) is 0 Å². The summed E-state index contributed by atoms with van der Waals surface area (Å²) < 4.78 is 36.7. The van der Waals surface area contributed by atoms with E-state index in [4.69, 9.17) is 0 Å². The van der Waals surface area contributed by atoms with Gasteiger partial charge >= 0.3 is 6.18 Å². The number of nitrogens with one attached hydrogen (secondary N) is 1. The average molecular weight is 215 g/mol. The Kier molecular flexibility index (Phi) is 1.95. The van der Waals surface area contributed by atoms with Gasteiger partial charge in [-0.3, -0.25) is 9.89 Å². The lowest BCUT2D eigenvalue weighted by molar-refractivity contribution is -0.141. The molecule has 0 aliphatic carbocycles. The minimum absolute atomic E-state index is 0.0815. The minimum Gasteiger partial charge on any atom is -0.287 e. The molecule has 2 aromatic rings. The first-order valence-electron chi connectivity index (χ1n) is 3.90. The van der Waals surface area contributed by atoms with Gasteiger partial charge in [-0.15, -0.1) is 0 Å². The van der Waals surface area contributed by atoms with E-state index in [0.717, 1.165) is 18.3 Å². The first-order chi connectivity index (χ1) is 6.98. The van der Waals surface area contributed by atoms with Crippen LogP contribution in [0, 0.1) is 0 Å². The highest BCUT2D eigenvalue weighted by atomic mass is 19.4. The Morgan fingerprint density at radius 1 is 1.27 bits per heavy atom. The molecule has 2 heterocycles. The Morgan fingerprint density at radius 2 is 2.00 bits per heavy atom. The molecule has 0 unspecified atom stereocenters. The van der Waals surface area contributed by atoms with Gasteiger partial charge in [-0.05, 0) is 12.1 Å². The Hall–Kier alpha value is -1.92. The molecule has 4 nitrogen and oxygen atoms in total. The summed E-state index contributed by atoms with van der Waals surface area (Å²) in [7, 11) is 0. The number of aromatic nitrogens is 3. The van der Waals surface area contributed by atoms with Crippen molar-refractivity contribution in [1.29, 1.82) is 0 Å². The van der Waals surface area contributed by atoms with Gasteiger partial charge in [0.25, 0.3) is 0 Å². The Balaban J connectivity index is 2.73. The SMILES string of the molecule is O=c1cn[nH]c2nc(C(F)(F)F)ccc12. The van der Waals surface area contributed by atoms with Gasteiger partial charge in [0.1, 0.15) is 5.69 Å². The van der Waals surface area contributed by atoms with E-state index < -0.39 is 17.3 Å². The van der Waals surface area contributed by atoms with Crippen LogP contribution in [0.15, 0.2) is 23.1 Å². The zero-order valence-electron chi connectivity index (χ0n) is 7.17. The summed E-state index contributed by atoms with van der Waals surface area (Å²) >= 11 is 0. The molecule has 0 saturated heterocycles. The molecule has 0 aliphatic rings. The molecule has 0 fully saturated rings. The van der Waals surface area contributed by atoms with Gasteiger partial charge in [-0.25, -0.2) is 4.98 Å². The quantitative estimate of drug-likeness (QED) is 0.721. The third-order valence-electron chi connectivity index (χ3n) is 1.80. The normalized spacial score (nSPS) is 11.9. The van der Waals surface area contributed by atoms with Crippen LogP contribution in [0.1, 0.15) is 5.69 Å². The number of H-pyrrole nitrogens is 1. The zero-order chi connectivity index (χ0) is 11.1. The molecule has 0 spiro atoms. The number of rotatable bonds is 0. The fourth-order valence-corrected chi connectivity index (χ4v) is 1.12. The van der Waals surface area contributed by atoms with Crippen molar-refractivity contribution in [3.63, 3.8) is 0 Å². The lowest BCUT2D eigenvalue weighted by Gasteiger charge is -2.05. The van der Waals surface area contributed by atoms with Gasteiger partial charge in [0, 0.05) is 0 Å². The van der Waals surface area contributed by atoms with Crippen LogP contribution in [0.4, 0.5) is 13.2 Å². The molecule has 0 radical (unpaired) electrons. The third kappa shape index (κ3) is 1.67. The summed E-state index contributed by atoms with van der Waals surface area (Å²) in [6.07, 6.45) is -3.54. The highest BCUT2D eigenvalue weighted by Gasteiger charge is 2.32. The molecular formula is C8H4F3N3O. The van der Waals surface area contributed by atoms with E-state index in [1.54, 1.807) is 0 Å². The number of fused-ring (bicyclic) bond motifs is 1. The van der Waals surface area contributed by atoms with Crippen LogP contribution < -0.4 is 5.43 Å². The maximum Gasteiger partial charge on any atom is 0.433 e. The summed E-state index contributed by atoms with van der Waals surface area (Å²) in [6.45, 7) is 0. The molecule has 0 amide bonds. The van der Waals surface area contributed by atoms with Crippen LogP contribution in [-0.2, 0) is 6.18 Å². The highest BCUT2D eigenvalue weighted by molar-refractivity contribution is 5.73. The molecule has 0 aromatic carbocycles. The van der Waals surface area contributed by atoms with Gasteiger partial charge in [-0.2, -0.15) is 18.3 Å². The molecule has 7 heteroatoms. The second kappa shape index (κ2) is 3.04. The highest BCUT2D eigenvalue weighted by Crippen LogP contribution is 2.27. The topological polar surface area (TPSA) is 58.6 Å². The van der Waals surface area contributed by atoms with Crippen molar-refractivity contribution in [2.45, 2.75) is 6.18 Å². The fraction of sp³-hybridized carbons (Fsp3) is 0.125. The number of nitrogens with zero attached hydrogens (tertiary/aromatic N) is 2. The van der Waals surface area contributed by atoms with Crippen molar-refractivity contribution in [2.75, 3.05) is 0 Å². The van der Waals surface area contributed by atoms with E-state index in [1.165, 1.54) is 0 Å². The molecule has 15 heavy (non-hydrogen) atoms. The number of hydrogen-bond acceptors (Lipinski definition) is 3. The van der Waals surface area contributed by atoms with E-state index in [-0.39, 0.29) is 11.0 Å². The summed E-state index contributed by atoms with van der Waals surface area (Å²) in [5.74, 6) is 0. The largest absolute Gasteiger partial charge is 0.433 e. The van der Waals surface area contributed by atoms with Gasteiger partial charge < -0.3 is 0 Å². The standard InChI is InChI=1S/C8H4F3N3O/c9-8(10,11)6-2-1-4-5(15)3-12-14-7(4)13-6/h1-3H,(H,13,14,15). The molecule has 0 atom stereocenters. The number of pyridine rings is 1. The van der Waals surface area contributed by atoms with Crippen LogP contribution in [0.5, 0.6) is 0 Å². The van der Waals surface area contributed by atoms with Gasteiger partial charge in [-0.1, -0.05) is 0 Å².